The number of carbonyl (C=O) groups excluding carboxylic acids is 2. The molecule has 0 unspecified atom stereocenters. The van der Waals surface area contributed by atoms with Crippen LogP contribution < -0.4 is 19.5 Å². The van der Waals surface area contributed by atoms with E-state index in [1.165, 1.54) is 26.2 Å². The smallest absolute Gasteiger partial charge is 0.240 e. The van der Waals surface area contributed by atoms with E-state index in [4.69, 9.17) is 9.47 Å². The van der Waals surface area contributed by atoms with Gasteiger partial charge in [-0.25, -0.2) is 13.1 Å². The summed E-state index contributed by atoms with van der Waals surface area (Å²) in [6, 6.07) is 10.7. The van der Waals surface area contributed by atoms with Gasteiger partial charge in [0.2, 0.25) is 15.9 Å². The summed E-state index contributed by atoms with van der Waals surface area (Å²) in [5.41, 5.74) is 1.04. The van der Waals surface area contributed by atoms with Crippen molar-refractivity contribution in [1.29, 1.82) is 0 Å². The van der Waals surface area contributed by atoms with E-state index < -0.39 is 10.0 Å². The standard InChI is InChI=1S/C22H28N2O6S/c1-15(2)24-31(27,28)19-10-8-18(9-11-19)23-22(26)6-5-13-30-20-12-7-17(16(3)25)14-21(20)29-4/h7-12,14-15,24H,5-6,13H2,1-4H3,(H,23,26). The normalized spacial score (nSPS) is 11.3. The summed E-state index contributed by atoms with van der Waals surface area (Å²) < 4.78 is 37.7. The van der Waals surface area contributed by atoms with Crippen LogP contribution in [0.1, 0.15) is 44.0 Å². The fraction of sp³-hybridized carbons (Fsp3) is 0.364. The van der Waals surface area contributed by atoms with Crippen LogP contribution >= 0.6 is 0 Å². The van der Waals surface area contributed by atoms with Gasteiger partial charge in [-0.2, -0.15) is 0 Å². The first kappa shape index (κ1) is 24.4. The molecule has 0 spiro atoms. The molecular weight excluding hydrogens is 420 g/mol. The van der Waals surface area contributed by atoms with E-state index in [-0.39, 0.29) is 29.0 Å². The first-order valence-electron chi connectivity index (χ1n) is 9.86. The third-order valence-corrected chi connectivity index (χ3v) is 5.89. The number of ether oxygens (including phenoxy) is 2. The molecule has 168 valence electrons. The molecule has 0 aliphatic carbocycles. The van der Waals surface area contributed by atoms with Gasteiger partial charge in [0.15, 0.2) is 17.3 Å². The minimum Gasteiger partial charge on any atom is -0.493 e. The molecule has 0 aliphatic rings. The molecule has 0 aliphatic heterocycles. The van der Waals surface area contributed by atoms with E-state index in [0.717, 1.165) is 0 Å². The average Bonchev–Trinajstić information content (AvgIpc) is 2.70. The van der Waals surface area contributed by atoms with Crippen molar-refractivity contribution < 1.29 is 27.5 Å². The van der Waals surface area contributed by atoms with Crippen molar-refractivity contribution in [3.63, 3.8) is 0 Å². The average molecular weight is 449 g/mol. The number of hydrogen-bond acceptors (Lipinski definition) is 6. The molecule has 0 aromatic heterocycles. The van der Waals surface area contributed by atoms with E-state index in [1.54, 1.807) is 44.2 Å². The molecule has 2 N–H and O–H groups in total. The van der Waals surface area contributed by atoms with Gasteiger partial charge >= 0.3 is 0 Å². The Bertz CT molecular complexity index is 1020. The summed E-state index contributed by atoms with van der Waals surface area (Å²) in [4.78, 5) is 23.7. The van der Waals surface area contributed by atoms with Crippen LogP contribution in [0, 0.1) is 0 Å². The third kappa shape index (κ3) is 7.37. The maximum atomic E-state index is 12.1. The fourth-order valence-electron chi connectivity index (χ4n) is 2.74. The molecule has 0 radical (unpaired) electrons. The molecule has 0 atom stereocenters. The molecule has 2 aromatic carbocycles. The monoisotopic (exact) mass is 448 g/mol. The lowest BCUT2D eigenvalue weighted by Crippen LogP contribution is -2.30. The van der Waals surface area contributed by atoms with Crippen LogP contribution in [0.25, 0.3) is 0 Å². The third-order valence-electron chi connectivity index (χ3n) is 4.22. The maximum Gasteiger partial charge on any atom is 0.240 e. The fourth-order valence-corrected chi connectivity index (χ4v) is 3.99. The lowest BCUT2D eigenvalue weighted by atomic mass is 10.1. The number of ketones is 1. The van der Waals surface area contributed by atoms with Crippen LogP contribution in [0.5, 0.6) is 11.5 Å². The topological polar surface area (TPSA) is 111 Å². The Morgan fingerprint density at radius 2 is 1.71 bits per heavy atom. The van der Waals surface area contributed by atoms with Gasteiger partial charge in [0.1, 0.15) is 0 Å². The number of hydrogen-bond donors (Lipinski definition) is 2. The highest BCUT2D eigenvalue weighted by atomic mass is 32.2. The molecular formula is C22H28N2O6S. The number of Topliss-reactive ketones (excluding diaryl/α,β-unsaturated/α-hetero) is 1. The Kier molecular flexibility index (Phi) is 8.58. The number of sulfonamides is 1. The molecule has 8 nitrogen and oxygen atoms in total. The van der Waals surface area contributed by atoms with Crippen LogP contribution in [0.3, 0.4) is 0 Å². The summed E-state index contributed by atoms with van der Waals surface area (Å²) in [5, 5.41) is 2.73. The number of amides is 1. The van der Waals surface area contributed by atoms with E-state index in [1.807, 2.05) is 0 Å². The summed E-state index contributed by atoms with van der Waals surface area (Å²) in [6.45, 7) is 5.25. The van der Waals surface area contributed by atoms with Gasteiger partial charge in [-0.1, -0.05) is 0 Å². The van der Waals surface area contributed by atoms with Crippen molar-refractivity contribution in [2.75, 3.05) is 19.0 Å². The summed E-state index contributed by atoms with van der Waals surface area (Å²) in [5.74, 6) is 0.681. The molecule has 0 saturated heterocycles. The van der Waals surface area contributed by atoms with Gasteiger partial charge < -0.3 is 14.8 Å². The first-order chi connectivity index (χ1) is 14.6. The molecule has 9 heteroatoms. The van der Waals surface area contributed by atoms with Crippen molar-refractivity contribution in [2.45, 2.75) is 44.6 Å². The lowest BCUT2D eigenvalue weighted by molar-refractivity contribution is -0.116. The zero-order valence-corrected chi connectivity index (χ0v) is 18.9. The predicted molar refractivity (Wildman–Crippen MR) is 118 cm³/mol. The van der Waals surface area contributed by atoms with Crippen molar-refractivity contribution in [3.05, 3.63) is 48.0 Å². The zero-order valence-electron chi connectivity index (χ0n) is 18.1. The molecule has 2 rings (SSSR count). The largest absolute Gasteiger partial charge is 0.493 e. The van der Waals surface area contributed by atoms with Gasteiger partial charge in [-0.05, 0) is 69.7 Å². The molecule has 31 heavy (non-hydrogen) atoms. The Balaban J connectivity index is 1.83. The number of nitrogens with one attached hydrogen (secondary N) is 2. The Hall–Kier alpha value is -2.91. The highest BCUT2D eigenvalue weighted by molar-refractivity contribution is 7.89. The van der Waals surface area contributed by atoms with Gasteiger partial charge in [0.25, 0.3) is 0 Å². The van der Waals surface area contributed by atoms with Crippen LogP contribution in [0.4, 0.5) is 5.69 Å². The van der Waals surface area contributed by atoms with Gasteiger partial charge in [-0.15, -0.1) is 0 Å². The van der Waals surface area contributed by atoms with E-state index >= 15 is 0 Å². The molecule has 0 saturated carbocycles. The first-order valence-corrected chi connectivity index (χ1v) is 11.3. The Morgan fingerprint density at radius 3 is 2.29 bits per heavy atom. The number of methoxy groups -OCH3 is 1. The number of carbonyl (C=O) groups is 2. The molecule has 2 aromatic rings. The van der Waals surface area contributed by atoms with E-state index in [0.29, 0.717) is 35.8 Å². The maximum absolute atomic E-state index is 12.1. The van der Waals surface area contributed by atoms with Crippen molar-refractivity contribution in [3.8, 4) is 11.5 Å². The van der Waals surface area contributed by atoms with Gasteiger partial charge in [0, 0.05) is 23.7 Å². The van der Waals surface area contributed by atoms with Crippen LogP contribution in [-0.2, 0) is 14.8 Å². The summed E-state index contributed by atoms with van der Waals surface area (Å²) in [6.07, 6.45) is 0.691. The second-order valence-corrected chi connectivity index (χ2v) is 8.94. The number of rotatable bonds is 11. The summed E-state index contributed by atoms with van der Waals surface area (Å²) >= 11 is 0. The zero-order chi connectivity index (χ0) is 23.0. The Morgan fingerprint density at radius 1 is 1.03 bits per heavy atom. The number of anilines is 1. The highest BCUT2D eigenvalue weighted by Gasteiger charge is 2.15. The van der Waals surface area contributed by atoms with Crippen molar-refractivity contribution in [1.82, 2.24) is 4.72 Å². The van der Waals surface area contributed by atoms with Crippen LogP contribution in [0.2, 0.25) is 0 Å². The van der Waals surface area contributed by atoms with Gasteiger partial charge in [-0.3, -0.25) is 9.59 Å². The van der Waals surface area contributed by atoms with Crippen LogP contribution in [0.15, 0.2) is 47.4 Å². The number of benzene rings is 2. The molecule has 0 heterocycles. The molecule has 0 fully saturated rings. The molecule has 1 amide bonds. The second kappa shape index (κ2) is 10.9. The quantitative estimate of drug-likeness (QED) is 0.403. The molecule has 0 bridgehead atoms. The highest BCUT2D eigenvalue weighted by Crippen LogP contribution is 2.28. The lowest BCUT2D eigenvalue weighted by Gasteiger charge is -2.12. The van der Waals surface area contributed by atoms with Crippen LogP contribution in [-0.4, -0.2) is 39.9 Å². The predicted octanol–water partition coefficient (Wildman–Crippen LogP) is 3.38. The Labute approximate surface area is 183 Å². The minimum atomic E-state index is -3.57. The SMILES string of the molecule is COc1cc(C(C)=O)ccc1OCCCC(=O)Nc1ccc(S(=O)(=O)NC(C)C)cc1. The van der Waals surface area contributed by atoms with E-state index in [2.05, 4.69) is 10.0 Å². The van der Waals surface area contributed by atoms with Crippen molar-refractivity contribution >= 4 is 27.4 Å². The second-order valence-electron chi connectivity index (χ2n) is 7.22. The van der Waals surface area contributed by atoms with Gasteiger partial charge in [0.05, 0.1) is 18.6 Å². The minimum absolute atomic E-state index is 0.0664. The summed E-state index contributed by atoms with van der Waals surface area (Å²) in [7, 11) is -2.08. The van der Waals surface area contributed by atoms with Crippen molar-refractivity contribution in [2.24, 2.45) is 0 Å². The van der Waals surface area contributed by atoms with E-state index in [9.17, 15) is 18.0 Å².